The molecule has 2 aromatic rings. The topological polar surface area (TPSA) is 31.2 Å². The van der Waals surface area contributed by atoms with Crippen LogP contribution < -0.4 is 10.3 Å². The maximum Gasteiger partial charge on any atom is 0.269 e. The average molecular weight is 296 g/mol. The van der Waals surface area contributed by atoms with Gasteiger partial charge in [-0.3, -0.25) is 4.79 Å². The van der Waals surface area contributed by atoms with E-state index in [4.69, 9.17) is 16.3 Å². The lowest BCUT2D eigenvalue weighted by Gasteiger charge is -2.10. The van der Waals surface area contributed by atoms with Gasteiger partial charge in [0.1, 0.15) is 16.7 Å². The van der Waals surface area contributed by atoms with E-state index in [0.29, 0.717) is 5.94 Å². The fourth-order valence-corrected chi connectivity index (χ4v) is 2.19. The van der Waals surface area contributed by atoms with Crippen molar-refractivity contribution < 1.29 is 4.74 Å². The van der Waals surface area contributed by atoms with Gasteiger partial charge >= 0.3 is 0 Å². The number of halogens is 1. The van der Waals surface area contributed by atoms with Crippen LogP contribution >= 0.6 is 23.4 Å². The maximum absolute atomic E-state index is 11.8. The van der Waals surface area contributed by atoms with Crippen LogP contribution in [0.5, 0.6) is 5.75 Å². The highest BCUT2D eigenvalue weighted by Gasteiger charge is 2.06. The molecular weight excluding hydrogens is 282 g/mol. The second-order valence-electron chi connectivity index (χ2n) is 4.01. The first-order valence-electron chi connectivity index (χ1n) is 5.71. The van der Waals surface area contributed by atoms with E-state index in [0.717, 1.165) is 17.0 Å². The molecule has 0 unspecified atom stereocenters. The number of hydrogen-bond acceptors (Lipinski definition) is 3. The number of nitrogens with zero attached hydrogens (tertiary/aromatic N) is 1. The third-order valence-electron chi connectivity index (χ3n) is 2.75. The van der Waals surface area contributed by atoms with Gasteiger partial charge in [-0.2, -0.15) is 0 Å². The Labute approximate surface area is 121 Å². The molecule has 1 aromatic carbocycles. The van der Waals surface area contributed by atoms with Gasteiger partial charge in [0.15, 0.2) is 0 Å². The van der Waals surface area contributed by atoms with Gasteiger partial charge in [0, 0.05) is 7.05 Å². The zero-order chi connectivity index (χ0) is 13.8. The van der Waals surface area contributed by atoms with Crippen LogP contribution in [0.15, 0.2) is 41.2 Å². The molecule has 2 rings (SSSR count). The molecule has 5 heteroatoms. The molecule has 0 amide bonds. The normalized spacial score (nSPS) is 10.5. The van der Waals surface area contributed by atoms with E-state index >= 15 is 0 Å². The summed E-state index contributed by atoms with van der Waals surface area (Å²) in [5.41, 5.74) is 1.58. The first-order valence-corrected chi connectivity index (χ1v) is 7.48. The van der Waals surface area contributed by atoms with Crippen LogP contribution in [0.3, 0.4) is 0 Å². The van der Waals surface area contributed by atoms with Gasteiger partial charge in [-0.15, -0.1) is 11.8 Å². The third kappa shape index (κ3) is 3.14. The second-order valence-corrected chi connectivity index (χ2v) is 5.23. The molecule has 3 nitrogen and oxygen atoms in total. The predicted molar refractivity (Wildman–Crippen MR) is 81.1 cm³/mol. The Balaban J connectivity index is 2.32. The highest BCUT2D eigenvalue weighted by Crippen LogP contribution is 2.22. The van der Waals surface area contributed by atoms with Crippen LogP contribution in [0, 0.1) is 0 Å². The van der Waals surface area contributed by atoms with Crippen molar-refractivity contribution in [3.8, 4) is 17.0 Å². The van der Waals surface area contributed by atoms with Gasteiger partial charge in [0.05, 0.1) is 5.69 Å². The van der Waals surface area contributed by atoms with Gasteiger partial charge in [-0.25, -0.2) is 0 Å². The monoisotopic (exact) mass is 295 g/mol. The van der Waals surface area contributed by atoms with Crippen molar-refractivity contribution in [2.45, 2.75) is 0 Å². The lowest BCUT2D eigenvalue weighted by atomic mass is 10.1. The molecule has 100 valence electrons. The van der Waals surface area contributed by atoms with Crippen LogP contribution in [0.2, 0.25) is 5.02 Å². The van der Waals surface area contributed by atoms with E-state index in [2.05, 4.69) is 0 Å². The van der Waals surface area contributed by atoms with Gasteiger partial charge in [0.2, 0.25) is 0 Å². The second kappa shape index (κ2) is 6.17. The van der Waals surface area contributed by atoms with Gasteiger partial charge in [-0.05, 0) is 48.2 Å². The minimum absolute atomic E-state index is 0.193. The molecule has 19 heavy (non-hydrogen) atoms. The Morgan fingerprint density at radius 3 is 2.53 bits per heavy atom. The smallest absolute Gasteiger partial charge is 0.269 e. The van der Waals surface area contributed by atoms with Crippen LogP contribution in [0.1, 0.15) is 0 Å². The number of benzene rings is 1. The number of hydrogen-bond donors (Lipinski definition) is 0. The average Bonchev–Trinajstić information content (AvgIpc) is 2.44. The standard InChI is InChI=1S/C14H14ClNO2S/c1-16-13(8-7-12(15)14(16)17)10-3-5-11(6-4-10)18-9-19-2/h3-8H,9H2,1-2H3. The molecule has 1 aromatic heterocycles. The minimum Gasteiger partial charge on any atom is -0.483 e. The zero-order valence-electron chi connectivity index (χ0n) is 10.7. The molecule has 0 radical (unpaired) electrons. The Morgan fingerprint density at radius 2 is 1.89 bits per heavy atom. The molecule has 0 N–H and O–H groups in total. The van der Waals surface area contributed by atoms with Crippen molar-refractivity contribution in [2.75, 3.05) is 12.2 Å². The first kappa shape index (κ1) is 14.0. The van der Waals surface area contributed by atoms with Crippen LogP contribution in [-0.4, -0.2) is 16.8 Å². The summed E-state index contributed by atoms with van der Waals surface area (Å²) in [4.78, 5) is 11.8. The van der Waals surface area contributed by atoms with Crippen molar-refractivity contribution in [1.82, 2.24) is 4.57 Å². The number of rotatable bonds is 4. The van der Waals surface area contributed by atoms with Gasteiger partial charge in [0.25, 0.3) is 5.56 Å². The zero-order valence-corrected chi connectivity index (χ0v) is 12.3. The SMILES string of the molecule is CSCOc1ccc(-c2ccc(Cl)c(=O)n2C)cc1. The molecular formula is C14H14ClNO2S. The summed E-state index contributed by atoms with van der Waals surface area (Å²) in [5.74, 6) is 1.44. The molecule has 0 aliphatic carbocycles. The summed E-state index contributed by atoms with van der Waals surface area (Å²) in [6.07, 6.45) is 1.98. The molecule has 0 aliphatic heterocycles. The Morgan fingerprint density at radius 1 is 1.21 bits per heavy atom. The highest BCUT2D eigenvalue weighted by molar-refractivity contribution is 7.98. The Hall–Kier alpha value is -1.39. The first-order chi connectivity index (χ1) is 9.13. The largest absolute Gasteiger partial charge is 0.483 e. The minimum atomic E-state index is -0.193. The summed E-state index contributed by atoms with van der Waals surface area (Å²) in [7, 11) is 1.71. The van der Waals surface area contributed by atoms with Crippen molar-refractivity contribution in [1.29, 1.82) is 0 Å². The molecule has 0 aliphatic rings. The van der Waals surface area contributed by atoms with Gasteiger partial charge < -0.3 is 9.30 Å². The summed E-state index contributed by atoms with van der Waals surface area (Å²) in [6.45, 7) is 0. The molecule has 0 saturated carbocycles. The van der Waals surface area contributed by atoms with E-state index in [1.807, 2.05) is 36.6 Å². The lowest BCUT2D eigenvalue weighted by Crippen LogP contribution is -2.18. The number of thioether (sulfide) groups is 1. The van der Waals surface area contributed by atoms with E-state index in [9.17, 15) is 4.79 Å². The molecule has 0 bridgehead atoms. The Bertz CT molecular complexity index is 622. The Kier molecular flexibility index (Phi) is 4.56. The van der Waals surface area contributed by atoms with Crippen LogP contribution in [-0.2, 0) is 7.05 Å². The molecule has 0 saturated heterocycles. The fourth-order valence-electron chi connectivity index (χ4n) is 1.74. The van der Waals surface area contributed by atoms with Crippen LogP contribution in [0.25, 0.3) is 11.3 Å². The maximum atomic E-state index is 11.8. The van der Waals surface area contributed by atoms with Crippen molar-refractivity contribution in [2.24, 2.45) is 7.05 Å². The van der Waals surface area contributed by atoms with Crippen molar-refractivity contribution in [3.63, 3.8) is 0 Å². The van der Waals surface area contributed by atoms with Crippen molar-refractivity contribution in [3.05, 3.63) is 51.8 Å². The fraction of sp³-hybridized carbons (Fsp3) is 0.214. The highest BCUT2D eigenvalue weighted by atomic mass is 35.5. The summed E-state index contributed by atoms with van der Waals surface area (Å²) < 4.78 is 7.03. The molecule has 0 atom stereocenters. The summed E-state index contributed by atoms with van der Waals surface area (Å²) in [6, 6.07) is 11.1. The lowest BCUT2D eigenvalue weighted by molar-refractivity contribution is 0.393. The number of pyridine rings is 1. The molecule has 0 fully saturated rings. The van der Waals surface area contributed by atoms with E-state index in [-0.39, 0.29) is 10.6 Å². The van der Waals surface area contributed by atoms with E-state index < -0.39 is 0 Å². The number of ether oxygens (including phenoxy) is 1. The predicted octanol–water partition coefficient (Wildman–Crippen LogP) is 3.41. The molecule has 0 spiro atoms. The quantitative estimate of drug-likeness (QED) is 0.810. The van der Waals surface area contributed by atoms with Crippen molar-refractivity contribution >= 4 is 23.4 Å². The summed E-state index contributed by atoms with van der Waals surface area (Å²) in [5, 5.41) is 0.228. The number of aromatic nitrogens is 1. The summed E-state index contributed by atoms with van der Waals surface area (Å²) >= 11 is 7.42. The van der Waals surface area contributed by atoms with Crippen LogP contribution in [0.4, 0.5) is 0 Å². The van der Waals surface area contributed by atoms with Gasteiger partial charge in [-0.1, -0.05) is 11.6 Å². The third-order valence-corrected chi connectivity index (χ3v) is 3.39. The van der Waals surface area contributed by atoms with E-state index in [1.165, 1.54) is 0 Å². The molecule has 1 heterocycles. The van der Waals surface area contributed by atoms with E-state index in [1.54, 1.807) is 29.4 Å².